The van der Waals surface area contributed by atoms with Gasteiger partial charge in [-0.2, -0.15) is 0 Å². The summed E-state index contributed by atoms with van der Waals surface area (Å²) in [6.07, 6.45) is 7.39. The van der Waals surface area contributed by atoms with E-state index >= 15 is 0 Å². The number of anilines is 2. The van der Waals surface area contributed by atoms with Crippen LogP contribution in [0.25, 0.3) is 0 Å². The van der Waals surface area contributed by atoms with Crippen LogP contribution < -0.4 is 16.0 Å². The van der Waals surface area contributed by atoms with Gasteiger partial charge in [0.05, 0.1) is 12.1 Å². The van der Waals surface area contributed by atoms with Gasteiger partial charge in [0.2, 0.25) is 11.8 Å². The van der Waals surface area contributed by atoms with Crippen molar-refractivity contribution in [2.75, 3.05) is 18.9 Å². The van der Waals surface area contributed by atoms with Crippen molar-refractivity contribution < 1.29 is 9.59 Å². The fraction of sp³-hybridized carbons (Fsp3) is 0.500. The van der Waals surface area contributed by atoms with Crippen LogP contribution in [-0.4, -0.2) is 42.4 Å². The molecule has 34 heavy (non-hydrogen) atoms. The van der Waals surface area contributed by atoms with E-state index in [9.17, 15) is 9.59 Å². The van der Waals surface area contributed by atoms with E-state index in [-0.39, 0.29) is 29.8 Å². The molecule has 1 aliphatic carbocycles. The molecule has 1 saturated carbocycles. The topological polar surface area (TPSA) is 73.5 Å². The molecule has 0 aromatic heterocycles. The van der Waals surface area contributed by atoms with E-state index in [1.54, 1.807) is 7.05 Å². The minimum atomic E-state index is -0.449. The lowest BCUT2D eigenvalue weighted by molar-refractivity contribution is -0.139. The summed E-state index contributed by atoms with van der Waals surface area (Å²) in [7, 11) is 1.77. The van der Waals surface area contributed by atoms with Crippen molar-refractivity contribution in [3.63, 3.8) is 0 Å². The summed E-state index contributed by atoms with van der Waals surface area (Å²) in [5.74, 6) is 0.185. The Labute approximate surface area is 203 Å². The van der Waals surface area contributed by atoms with Crippen molar-refractivity contribution in [3.05, 3.63) is 60.2 Å². The Bertz CT molecular complexity index is 958. The van der Waals surface area contributed by atoms with Crippen LogP contribution >= 0.6 is 0 Å². The minimum Gasteiger partial charge on any atom is -0.356 e. The van der Waals surface area contributed by atoms with Crippen LogP contribution in [0.1, 0.15) is 63.5 Å². The normalized spacial score (nSPS) is 20.5. The van der Waals surface area contributed by atoms with Gasteiger partial charge in [0.1, 0.15) is 6.04 Å². The van der Waals surface area contributed by atoms with Crippen molar-refractivity contribution in [3.8, 4) is 0 Å². The molecule has 6 nitrogen and oxygen atoms in total. The molecule has 3 atom stereocenters. The first kappa shape index (κ1) is 24.3. The fourth-order valence-electron chi connectivity index (χ4n) is 5.33. The number of likely N-dealkylation sites (N-methyl/N-ethyl adjacent to an activating group) is 1. The monoisotopic (exact) mass is 462 g/mol. The first-order valence-corrected chi connectivity index (χ1v) is 12.8. The van der Waals surface area contributed by atoms with Crippen molar-refractivity contribution >= 4 is 23.2 Å². The molecule has 1 aliphatic heterocycles. The lowest BCUT2D eigenvalue weighted by Crippen LogP contribution is -2.55. The maximum Gasteiger partial charge on any atom is 0.245 e. The second-order valence-electron chi connectivity index (χ2n) is 9.70. The average molecular weight is 463 g/mol. The second-order valence-corrected chi connectivity index (χ2v) is 9.70. The van der Waals surface area contributed by atoms with Crippen LogP contribution in [0.4, 0.5) is 11.4 Å². The van der Waals surface area contributed by atoms with Crippen LogP contribution in [0, 0.1) is 5.92 Å². The summed E-state index contributed by atoms with van der Waals surface area (Å²) in [6.45, 7) is 2.57. The fourth-order valence-corrected chi connectivity index (χ4v) is 5.33. The van der Waals surface area contributed by atoms with E-state index in [1.165, 1.54) is 6.42 Å². The van der Waals surface area contributed by atoms with Gasteiger partial charge in [-0.25, -0.2) is 0 Å². The summed E-state index contributed by atoms with van der Waals surface area (Å²) in [5, 5.41) is 9.59. The molecule has 2 amide bonds. The Kier molecular flexibility index (Phi) is 8.22. The number of carbonyl (C=O) groups is 2. The molecule has 4 rings (SSSR count). The van der Waals surface area contributed by atoms with Gasteiger partial charge in [-0.05, 0) is 75.4 Å². The highest BCUT2D eigenvalue weighted by atomic mass is 16.2. The molecule has 1 saturated heterocycles. The first-order valence-electron chi connectivity index (χ1n) is 12.8. The zero-order valence-corrected chi connectivity index (χ0v) is 20.4. The summed E-state index contributed by atoms with van der Waals surface area (Å²) in [6, 6.07) is 17.8. The molecule has 182 valence electrons. The summed E-state index contributed by atoms with van der Waals surface area (Å²) in [5.41, 5.74) is 3.20. The number of likely N-dealkylation sites (tertiary alicyclic amines) is 1. The minimum absolute atomic E-state index is 0.0368. The molecule has 2 aliphatic rings. The predicted octanol–water partition coefficient (Wildman–Crippen LogP) is 4.77. The number of hydrogen-bond donors (Lipinski definition) is 3. The molecule has 2 fully saturated rings. The highest BCUT2D eigenvalue weighted by Crippen LogP contribution is 2.36. The van der Waals surface area contributed by atoms with Gasteiger partial charge in [0.15, 0.2) is 0 Å². The van der Waals surface area contributed by atoms with Gasteiger partial charge < -0.3 is 20.9 Å². The molecule has 0 radical (unpaired) electrons. The van der Waals surface area contributed by atoms with Gasteiger partial charge in [0, 0.05) is 17.9 Å². The number of rotatable bonds is 8. The van der Waals surface area contributed by atoms with E-state index in [4.69, 9.17) is 0 Å². The van der Waals surface area contributed by atoms with Crippen molar-refractivity contribution in [2.45, 2.75) is 70.0 Å². The molecular formula is C28H38N4O2. The van der Waals surface area contributed by atoms with Crippen LogP contribution in [0.5, 0.6) is 0 Å². The molecule has 0 bridgehead atoms. The number of amides is 2. The van der Waals surface area contributed by atoms with E-state index in [0.29, 0.717) is 0 Å². The number of carbonyl (C=O) groups excluding carboxylic acids is 2. The molecule has 6 heteroatoms. The van der Waals surface area contributed by atoms with E-state index in [2.05, 4.69) is 40.2 Å². The number of nitrogens with one attached hydrogen (secondary N) is 3. The zero-order chi connectivity index (χ0) is 23.9. The largest absolute Gasteiger partial charge is 0.356 e. The number of nitrogens with zero attached hydrogens (tertiary/aromatic N) is 1. The highest BCUT2D eigenvalue weighted by Gasteiger charge is 2.39. The maximum atomic E-state index is 13.9. The molecule has 2 aromatic carbocycles. The molecule has 3 N–H and O–H groups in total. The van der Waals surface area contributed by atoms with Gasteiger partial charge in [0.25, 0.3) is 0 Å². The molecule has 1 heterocycles. The molecule has 2 aromatic rings. The second kappa shape index (κ2) is 11.5. The Balaban J connectivity index is 1.53. The zero-order valence-electron chi connectivity index (χ0n) is 20.4. The van der Waals surface area contributed by atoms with Crippen LogP contribution in [0.3, 0.4) is 0 Å². The maximum absolute atomic E-state index is 13.9. The van der Waals surface area contributed by atoms with Crippen LogP contribution in [-0.2, 0) is 9.59 Å². The number of hydrogen-bond acceptors (Lipinski definition) is 4. The number of para-hydroxylation sites is 1. The Hall–Kier alpha value is -2.86. The summed E-state index contributed by atoms with van der Waals surface area (Å²) < 4.78 is 0. The van der Waals surface area contributed by atoms with Gasteiger partial charge in [-0.15, -0.1) is 0 Å². The molecule has 2 unspecified atom stereocenters. The lowest BCUT2D eigenvalue weighted by atomic mass is 9.83. The highest BCUT2D eigenvalue weighted by molar-refractivity contribution is 5.90. The Morgan fingerprint density at radius 3 is 2.38 bits per heavy atom. The van der Waals surface area contributed by atoms with Crippen molar-refractivity contribution in [1.29, 1.82) is 0 Å². The van der Waals surface area contributed by atoms with Crippen LogP contribution in [0.2, 0.25) is 0 Å². The SMILES string of the molecule is CN[C@@H](C)C(=O)NC(C(=O)N1CCCC1c1cccc(Nc2ccccc2)c1)C1CCCCC1. The third-order valence-corrected chi connectivity index (χ3v) is 7.38. The molecular weight excluding hydrogens is 424 g/mol. The average Bonchev–Trinajstić information content (AvgIpc) is 3.38. The predicted molar refractivity (Wildman–Crippen MR) is 137 cm³/mol. The quantitative estimate of drug-likeness (QED) is 0.529. The first-order chi connectivity index (χ1) is 16.6. The van der Waals surface area contributed by atoms with Crippen LogP contribution in [0.15, 0.2) is 54.6 Å². The van der Waals surface area contributed by atoms with E-state index in [1.807, 2.05) is 42.2 Å². The van der Waals surface area contributed by atoms with Gasteiger partial charge >= 0.3 is 0 Å². The Morgan fingerprint density at radius 2 is 1.65 bits per heavy atom. The van der Waals surface area contributed by atoms with Crippen molar-refractivity contribution in [1.82, 2.24) is 15.5 Å². The smallest absolute Gasteiger partial charge is 0.245 e. The third-order valence-electron chi connectivity index (χ3n) is 7.38. The lowest BCUT2D eigenvalue weighted by Gasteiger charge is -2.35. The third kappa shape index (κ3) is 5.79. The number of benzene rings is 2. The van der Waals surface area contributed by atoms with Gasteiger partial charge in [-0.1, -0.05) is 49.6 Å². The van der Waals surface area contributed by atoms with E-state index in [0.717, 1.165) is 62.0 Å². The molecule has 0 spiro atoms. The van der Waals surface area contributed by atoms with Gasteiger partial charge in [-0.3, -0.25) is 9.59 Å². The summed E-state index contributed by atoms with van der Waals surface area (Å²) in [4.78, 5) is 28.7. The summed E-state index contributed by atoms with van der Waals surface area (Å²) >= 11 is 0. The Morgan fingerprint density at radius 1 is 0.912 bits per heavy atom. The standard InChI is InChI=1S/C28H38N4O2/c1-20(29-2)27(33)31-26(21-11-5-3-6-12-21)28(34)32-18-10-17-25(32)22-13-9-16-24(19-22)30-23-14-7-4-8-15-23/h4,7-9,13-16,19-21,25-26,29-30H,3,5-6,10-12,17-18H2,1-2H3,(H,31,33)/t20-,25?,26?/m0/s1. The van der Waals surface area contributed by atoms with E-state index < -0.39 is 6.04 Å². The van der Waals surface area contributed by atoms with Crippen molar-refractivity contribution in [2.24, 2.45) is 5.92 Å².